The number of imidazole rings is 1. The predicted octanol–water partition coefficient (Wildman–Crippen LogP) is 1.34. The summed E-state index contributed by atoms with van der Waals surface area (Å²) in [6.07, 6.45) is 5.53. The number of aromatic nitrogens is 2. The van der Waals surface area contributed by atoms with E-state index in [9.17, 15) is 0 Å². The third-order valence-electron chi connectivity index (χ3n) is 3.75. The van der Waals surface area contributed by atoms with Crippen LogP contribution in [0.25, 0.3) is 0 Å². The fourth-order valence-corrected chi connectivity index (χ4v) is 3.33. The van der Waals surface area contributed by atoms with Crippen LogP contribution in [0, 0.1) is 0 Å². The Kier molecular flexibility index (Phi) is 2.30. The summed E-state index contributed by atoms with van der Waals surface area (Å²) >= 11 is 0. The van der Waals surface area contributed by atoms with Crippen LogP contribution >= 0.6 is 0 Å². The van der Waals surface area contributed by atoms with Crippen molar-refractivity contribution in [2.45, 2.75) is 50.9 Å². The van der Waals surface area contributed by atoms with Crippen LogP contribution in [0.2, 0.25) is 0 Å². The summed E-state index contributed by atoms with van der Waals surface area (Å²) in [5.41, 5.74) is 2.57. The minimum absolute atomic E-state index is 0.0463. The molecule has 0 aliphatic carbocycles. The summed E-state index contributed by atoms with van der Waals surface area (Å²) in [7, 11) is 0. The smallest absolute Gasteiger partial charge is 0.0926 e. The molecule has 0 amide bonds. The largest absolute Gasteiger partial charge is 0.375 e. The summed E-state index contributed by atoms with van der Waals surface area (Å²) in [6.45, 7) is 5.34. The molecule has 2 aliphatic rings. The number of hydrogen-bond acceptors (Lipinski definition) is 3. The molecule has 1 saturated heterocycles. The number of ether oxygens (including phenoxy) is 1. The quantitative estimate of drug-likeness (QED) is 0.695. The molecule has 88 valence electrons. The lowest BCUT2D eigenvalue weighted by atomic mass is 9.78. The summed E-state index contributed by atoms with van der Waals surface area (Å²) in [5.74, 6) is 0. The Labute approximate surface area is 95.8 Å². The molecular weight excluding hydrogens is 202 g/mol. The van der Waals surface area contributed by atoms with Crippen LogP contribution in [0.1, 0.15) is 38.1 Å². The van der Waals surface area contributed by atoms with E-state index in [-0.39, 0.29) is 5.54 Å². The number of nitrogens with zero attached hydrogens (tertiary/aromatic N) is 1. The van der Waals surface area contributed by atoms with Crippen LogP contribution in [-0.4, -0.2) is 28.7 Å². The molecule has 4 nitrogen and oxygen atoms in total. The minimum atomic E-state index is 0.0463. The molecule has 3 heterocycles. The number of H-pyrrole nitrogens is 1. The van der Waals surface area contributed by atoms with Gasteiger partial charge in [-0.1, -0.05) is 0 Å². The lowest BCUT2D eigenvalue weighted by molar-refractivity contribution is -0.0736. The van der Waals surface area contributed by atoms with E-state index in [4.69, 9.17) is 4.74 Å². The predicted molar refractivity (Wildman–Crippen MR) is 61.2 cm³/mol. The number of aromatic amines is 1. The molecule has 3 rings (SSSR count). The van der Waals surface area contributed by atoms with Gasteiger partial charge in [-0.2, -0.15) is 0 Å². The van der Waals surface area contributed by atoms with Gasteiger partial charge in [-0.25, -0.2) is 4.98 Å². The molecule has 0 radical (unpaired) electrons. The van der Waals surface area contributed by atoms with Crippen molar-refractivity contribution >= 4 is 0 Å². The van der Waals surface area contributed by atoms with E-state index >= 15 is 0 Å². The van der Waals surface area contributed by atoms with E-state index in [1.54, 1.807) is 0 Å². The Hall–Kier alpha value is -0.870. The second-order valence-electron chi connectivity index (χ2n) is 5.15. The molecule has 1 aromatic heterocycles. The zero-order valence-electron chi connectivity index (χ0n) is 9.92. The summed E-state index contributed by atoms with van der Waals surface area (Å²) in [5, 5.41) is 3.68. The van der Waals surface area contributed by atoms with Gasteiger partial charge in [-0.3, -0.25) is 0 Å². The first-order valence-corrected chi connectivity index (χ1v) is 6.13. The van der Waals surface area contributed by atoms with E-state index in [0.717, 1.165) is 25.8 Å². The summed E-state index contributed by atoms with van der Waals surface area (Å²) in [4.78, 5) is 7.80. The first-order chi connectivity index (χ1) is 7.70. The number of nitrogens with one attached hydrogen (secondary N) is 2. The van der Waals surface area contributed by atoms with E-state index in [1.165, 1.54) is 11.4 Å². The average Bonchev–Trinajstić information content (AvgIpc) is 2.65. The van der Waals surface area contributed by atoms with Crippen molar-refractivity contribution in [3.05, 3.63) is 17.7 Å². The van der Waals surface area contributed by atoms with Crippen LogP contribution in [-0.2, 0) is 16.7 Å². The fraction of sp³-hybridized carbons (Fsp3) is 0.750. The molecule has 16 heavy (non-hydrogen) atoms. The van der Waals surface area contributed by atoms with Crippen molar-refractivity contribution in [3.63, 3.8) is 0 Å². The molecule has 2 atom stereocenters. The maximum atomic E-state index is 5.83. The van der Waals surface area contributed by atoms with Crippen LogP contribution in [0.4, 0.5) is 0 Å². The molecular formula is C12H19N3O. The highest BCUT2D eigenvalue weighted by Crippen LogP contribution is 2.39. The van der Waals surface area contributed by atoms with Gasteiger partial charge in [0, 0.05) is 18.7 Å². The van der Waals surface area contributed by atoms with Crippen LogP contribution in [0.5, 0.6) is 0 Å². The molecule has 2 N–H and O–H groups in total. The standard InChI is InChI=1S/C12H19N3O/c1-8-5-12(6-9(2)16-8)11-10(3-4-15-12)13-7-14-11/h7-9,15H,3-6H2,1-2H3,(H,13,14). The highest BCUT2D eigenvalue weighted by atomic mass is 16.5. The van der Waals surface area contributed by atoms with E-state index in [1.807, 2.05) is 6.33 Å². The van der Waals surface area contributed by atoms with Crippen molar-refractivity contribution in [3.8, 4) is 0 Å². The topological polar surface area (TPSA) is 49.9 Å². The highest BCUT2D eigenvalue weighted by Gasteiger charge is 2.44. The van der Waals surface area contributed by atoms with Crippen molar-refractivity contribution in [1.82, 2.24) is 15.3 Å². The van der Waals surface area contributed by atoms with Gasteiger partial charge in [0.15, 0.2) is 0 Å². The Morgan fingerprint density at radius 2 is 2.12 bits per heavy atom. The molecule has 0 saturated carbocycles. The maximum absolute atomic E-state index is 5.83. The highest BCUT2D eigenvalue weighted by molar-refractivity contribution is 5.26. The van der Waals surface area contributed by atoms with Crippen molar-refractivity contribution in [1.29, 1.82) is 0 Å². The Morgan fingerprint density at radius 1 is 1.38 bits per heavy atom. The van der Waals surface area contributed by atoms with Gasteiger partial charge in [-0.15, -0.1) is 0 Å². The van der Waals surface area contributed by atoms with E-state index < -0.39 is 0 Å². The van der Waals surface area contributed by atoms with Gasteiger partial charge in [0.2, 0.25) is 0 Å². The molecule has 1 aromatic rings. The Balaban J connectivity index is 2.00. The van der Waals surface area contributed by atoms with E-state index in [2.05, 4.69) is 29.1 Å². The number of fused-ring (bicyclic) bond motifs is 2. The van der Waals surface area contributed by atoms with E-state index in [0.29, 0.717) is 12.2 Å². The van der Waals surface area contributed by atoms with Gasteiger partial charge < -0.3 is 15.0 Å². The maximum Gasteiger partial charge on any atom is 0.0926 e. The monoisotopic (exact) mass is 221 g/mol. The lowest BCUT2D eigenvalue weighted by Crippen LogP contribution is -2.54. The van der Waals surface area contributed by atoms with Gasteiger partial charge in [-0.05, 0) is 26.7 Å². The third-order valence-corrected chi connectivity index (χ3v) is 3.75. The third kappa shape index (κ3) is 1.48. The molecule has 1 spiro atoms. The average molecular weight is 221 g/mol. The van der Waals surface area contributed by atoms with Crippen LogP contribution in [0.3, 0.4) is 0 Å². The van der Waals surface area contributed by atoms with Gasteiger partial charge in [0.1, 0.15) is 0 Å². The van der Waals surface area contributed by atoms with Crippen molar-refractivity contribution in [2.24, 2.45) is 0 Å². The molecule has 0 aromatic carbocycles. The second-order valence-corrected chi connectivity index (χ2v) is 5.15. The zero-order chi connectivity index (χ0) is 11.2. The van der Waals surface area contributed by atoms with Gasteiger partial charge in [0.05, 0.1) is 29.8 Å². The second kappa shape index (κ2) is 3.57. The molecule has 0 bridgehead atoms. The summed E-state index contributed by atoms with van der Waals surface area (Å²) in [6, 6.07) is 0. The van der Waals surface area contributed by atoms with Gasteiger partial charge >= 0.3 is 0 Å². The summed E-state index contributed by atoms with van der Waals surface area (Å²) < 4.78 is 5.83. The molecule has 4 heteroatoms. The first-order valence-electron chi connectivity index (χ1n) is 6.13. The van der Waals surface area contributed by atoms with Crippen LogP contribution in [0.15, 0.2) is 6.33 Å². The normalized spacial score (nSPS) is 38.6. The SMILES string of the molecule is CC1CC2(CC(C)O1)NCCc1[nH]cnc12. The Morgan fingerprint density at radius 3 is 2.88 bits per heavy atom. The fourth-order valence-electron chi connectivity index (χ4n) is 3.33. The van der Waals surface area contributed by atoms with Crippen LogP contribution < -0.4 is 5.32 Å². The van der Waals surface area contributed by atoms with Crippen molar-refractivity contribution in [2.75, 3.05) is 6.54 Å². The molecule has 1 fully saturated rings. The molecule has 2 unspecified atom stereocenters. The number of hydrogen-bond donors (Lipinski definition) is 2. The zero-order valence-corrected chi connectivity index (χ0v) is 9.92. The molecule has 2 aliphatic heterocycles. The minimum Gasteiger partial charge on any atom is -0.375 e. The first kappa shape index (κ1) is 10.3. The van der Waals surface area contributed by atoms with Crippen molar-refractivity contribution < 1.29 is 4.74 Å². The lowest BCUT2D eigenvalue weighted by Gasteiger charge is -2.45. The number of rotatable bonds is 0. The Bertz CT molecular complexity index is 377. The van der Waals surface area contributed by atoms with Gasteiger partial charge in [0.25, 0.3) is 0 Å².